The predicted molar refractivity (Wildman–Crippen MR) is 54.3 cm³/mol. The number of carboxylic acids is 1. The lowest BCUT2D eigenvalue weighted by molar-refractivity contribution is -0.742. The van der Waals surface area contributed by atoms with Gasteiger partial charge in [0.2, 0.25) is 0 Å². The lowest BCUT2D eigenvalue weighted by Gasteiger charge is -2.03. The second-order valence-corrected chi connectivity index (χ2v) is 2.63. The smallest absolute Gasteiger partial charge is 0.320 e. The van der Waals surface area contributed by atoms with Crippen LogP contribution in [0, 0.1) is 10.1 Å². The summed E-state index contributed by atoms with van der Waals surface area (Å²) in [5, 5.41) is 22.0. The molecule has 0 aliphatic heterocycles. The van der Waals surface area contributed by atoms with Gasteiger partial charge in [-0.25, -0.2) is 0 Å². The van der Waals surface area contributed by atoms with Crippen LogP contribution in [0.3, 0.4) is 0 Å². The van der Waals surface area contributed by atoms with Gasteiger partial charge in [-0.2, -0.15) is 0 Å². The molecule has 0 fully saturated rings. The van der Waals surface area contributed by atoms with Gasteiger partial charge in [-0.3, -0.25) is 9.79 Å². The number of aliphatic imine (C=N–C) groups is 1. The number of carboxylic acid groups (broad SMARTS) is 1. The molecule has 0 spiro atoms. The van der Waals surface area contributed by atoms with Crippen LogP contribution in [0.1, 0.15) is 12.8 Å². The summed E-state index contributed by atoms with van der Waals surface area (Å²) in [6.07, 6.45) is 0.956. The SMILES string of the molecule is NC(N)=NCCC[C@H](N)C(=O)O.O=[N+]([O-])O. The third kappa shape index (κ3) is 17.8. The Kier molecular flexibility index (Phi) is 9.65. The Hall–Kier alpha value is -2.10. The van der Waals surface area contributed by atoms with Crippen molar-refractivity contribution >= 4 is 11.9 Å². The summed E-state index contributed by atoms with van der Waals surface area (Å²) < 4.78 is 0. The molecule has 0 aliphatic rings. The highest BCUT2D eigenvalue weighted by Gasteiger charge is 2.09. The van der Waals surface area contributed by atoms with Crippen molar-refractivity contribution in [3.8, 4) is 0 Å². The number of aliphatic carboxylic acids is 1. The van der Waals surface area contributed by atoms with Crippen LogP contribution in [-0.2, 0) is 4.79 Å². The summed E-state index contributed by atoms with van der Waals surface area (Å²) >= 11 is 0. The van der Waals surface area contributed by atoms with Crippen LogP contribution < -0.4 is 17.2 Å². The molecule has 10 nitrogen and oxygen atoms in total. The minimum absolute atomic E-state index is 0.0129. The molecular weight excluding hydrogens is 222 g/mol. The molecule has 0 aromatic heterocycles. The van der Waals surface area contributed by atoms with Crippen molar-refractivity contribution in [2.24, 2.45) is 22.2 Å². The van der Waals surface area contributed by atoms with Gasteiger partial charge in [0.05, 0.1) is 0 Å². The number of hydrogen-bond donors (Lipinski definition) is 5. The fourth-order valence-electron chi connectivity index (χ4n) is 0.643. The maximum atomic E-state index is 10.2. The standard InChI is InChI=1S/C6H14N4O2.HNO3/c7-4(5(11)12)2-1-3-10-6(8)9;2-1(3)4/h4H,1-3,7H2,(H,11,12)(H4,8,9,10);(H,2,3,4)/t4-;/m0./s1. The Morgan fingerprint density at radius 3 is 2.25 bits per heavy atom. The van der Waals surface area contributed by atoms with Gasteiger partial charge < -0.3 is 27.5 Å². The first-order chi connectivity index (χ1) is 7.27. The molecule has 0 saturated carbocycles. The van der Waals surface area contributed by atoms with Gasteiger partial charge in [-0.15, -0.1) is 10.1 Å². The molecule has 0 rings (SSSR count). The van der Waals surface area contributed by atoms with E-state index in [9.17, 15) is 4.79 Å². The lowest BCUT2D eigenvalue weighted by Crippen LogP contribution is -2.30. The first kappa shape index (κ1) is 16.3. The maximum absolute atomic E-state index is 10.2. The monoisotopic (exact) mass is 237 g/mol. The number of rotatable bonds is 5. The van der Waals surface area contributed by atoms with Crippen LogP contribution in [0.2, 0.25) is 0 Å². The van der Waals surface area contributed by atoms with Crippen LogP contribution in [0.5, 0.6) is 0 Å². The van der Waals surface area contributed by atoms with E-state index in [1.165, 1.54) is 0 Å². The number of guanidine groups is 1. The Morgan fingerprint density at radius 2 is 1.94 bits per heavy atom. The van der Waals surface area contributed by atoms with Crippen LogP contribution in [0.25, 0.3) is 0 Å². The largest absolute Gasteiger partial charge is 0.480 e. The van der Waals surface area contributed by atoms with E-state index in [2.05, 4.69) is 4.99 Å². The molecule has 0 bridgehead atoms. The Morgan fingerprint density at radius 1 is 1.50 bits per heavy atom. The Labute approximate surface area is 90.8 Å². The van der Waals surface area contributed by atoms with Crippen molar-refractivity contribution in [1.29, 1.82) is 0 Å². The van der Waals surface area contributed by atoms with E-state index in [-0.39, 0.29) is 5.96 Å². The molecule has 0 saturated heterocycles. The lowest BCUT2D eigenvalue weighted by atomic mass is 10.2. The summed E-state index contributed by atoms with van der Waals surface area (Å²) in [5.74, 6) is -0.987. The van der Waals surface area contributed by atoms with Gasteiger partial charge >= 0.3 is 5.97 Å². The fraction of sp³-hybridized carbons (Fsp3) is 0.667. The van der Waals surface area contributed by atoms with Crippen molar-refractivity contribution < 1.29 is 20.2 Å². The summed E-state index contributed by atoms with van der Waals surface area (Å²) in [7, 11) is 0. The van der Waals surface area contributed by atoms with E-state index < -0.39 is 17.1 Å². The molecular formula is C6H15N5O5. The van der Waals surface area contributed by atoms with Crippen molar-refractivity contribution in [1.82, 2.24) is 0 Å². The minimum atomic E-state index is -1.50. The quantitative estimate of drug-likeness (QED) is 0.120. The van der Waals surface area contributed by atoms with Crippen LogP contribution in [0.4, 0.5) is 0 Å². The molecule has 1 atom stereocenters. The van der Waals surface area contributed by atoms with Crippen molar-refractivity contribution in [2.45, 2.75) is 18.9 Å². The topological polar surface area (TPSA) is 191 Å². The zero-order chi connectivity index (χ0) is 13.1. The van der Waals surface area contributed by atoms with Crippen molar-refractivity contribution in [3.63, 3.8) is 0 Å². The Bertz CT molecular complexity index is 248. The van der Waals surface area contributed by atoms with Crippen molar-refractivity contribution in [2.75, 3.05) is 6.54 Å². The van der Waals surface area contributed by atoms with E-state index in [4.69, 9.17) is 37.6 Å². The zero-order valence-corrected chi connectivity index (χ0v) is 8.44. The van der Waals surface area contributed by atoms with Gasteiger partial charge in [-0.05, 0) is 12.8 Å². The molecule has 0 aromatic carbocycles. The molecule has 0 radical (unpaired) electrons. The molecule has 0 heterocycles. The van der Waals surface area contributed by atoms with Crippen LogP contribution in [0.15, 0.2) is 4.99 Å². The molecule has 10 heteroatoms. The zero-order valence-electron chi connectivity index (χ0n) is 8.44. The van der Waals surface area contributed by atoms with E-state index in [0.29, 0.717) is 19.4 Å². The highest BCUT2D eigenvalue weighted by atomic mass is 16.9. The summed E-state index contributed by atoms with van der Waals surface area (Å²) in [5.41, 5.74) is 15.3. The Balaban J connectivity index is 0. The van der Waals surface area contributed by atoms with E-state index >= 15 is 0 Å². The number of hydrogen-bond acceptors (Lipinski definition) is 5. The van der Waals surface area contributed by atoms with Gasteiger partial charge in [-0.1, -0.05) is 0 Å². The van der Waals surface area contributed by atoms with Gasteiger partial charge in [0.15, 0.2) is 5.96 Å². The summed E-state index contributed by atoms with van der Waals surface area (Å²) in [4.78, 5) is 22.3. The average Bonchev–Trinajstić information content (AvgIpc) is 2.10. The van der Waals surface area contributed by atoms with Gasteiger partial charge in [0, 0.05) is 6.54 Å². The number of nitrogens with zero attached hydrogens (tertiary/aromatic N) is 2. The van der Waals surface area contributed by atoms with Crippen LogP contribution in [-0.4, -0.2) is 39.9 Å². The number of carbonyl (C=O) groups is 1. The first-order valence-electron chi connectivity index (χ1n) is 4.14. The third-order valence-corrected chi connectivity index (χ3v) is 1.28. The predicted octanol–water partition coefficient (Wildman–Crippen LogP) is -1.90. The van der Waals surface area contributed by atoms with Gasteiger partial charge in [0.25, 0.3) is 5.09 Å². The van der Waals surface area contributed by atoms with E-state index in [1.54, 1.807) is 0 Å². The fourth-order valence-corrected chi connectivity index (χ4v) is 0.643. The molecule has 0 unspecified atom stereocenters. The molecule has 0 aromatic rings. The van der Waals surface area contributed by atoms with Crippen molar-refractivity contribution in [3.05, 3.63) is 10.1 Å². The van der Waals surface area contributed by atoms with Gasteiger partial charge in [0.1, 0.15) is 6.04 Å². The highest BCUT2D eigenvalue weighted by Crippen LogP contribution is 1.94. The normalized spacial score (nSPS) is 10.6. The molecule has 8 N–H and O–H groups in total. The average molecular weight is 237 g/mol. The first-order valence-corrected chi connectivity index (χ1v) is 4.14. The van der Waals surface area contributed by atoms with E-state index in [0.717, 1.165) is 0 Å². The second-order valence-electron chi connectivity index (χ2n) is 2.63. The number of nitrogens with two attached hydrogens (primary N) is 3. The van der Waals surface area contributed by atoms with Crippen LogP contribution >= 0.6 is 0 Å². The van der Waals surface area contributed by atoms with E-state index in [1.807, 2.05) is 0 Å². The minimum Gasteiger partial charge on any atom is -0.480 e. The second kappa shape index (κ2) is 9.45. The summed E-state index contributed by atoms with van der Waals surface area (Å²) in [6, 6.07) is -0.820. The molecule has 94 valence electrons. The maximum Gasteiger partial charge on any atom is 0.320 e. The summed E-state index contributed by atoms with van der Waals surface area (Å²) in [6.45, 7) is 0.420. The molecule has 0 aliphatic carbocycles. The highest BCUT2D eigenvalue weighted by molar-refractivity contribution is 5.75. The third-order valence-electron chi connectivity index (χ3n) is 1.28. The molecule has 0 amide bonds. The molecule has 16 heavy (non-hydrogen) atoms.